The van der Waals surface area contributed by atoms with Gasteiger partial charge in [-0.25, -0.2) is 0 Å². The van der Waals surface area contributed by atoms with Crippen molar-refractivity contribution in [2.75, 3.05) is 4.90 Å². The van der Waals surface area contributed by atoms with E-state index in [-0.39, 0.29) is 0 Å². The molecule has 0 unspecified atom stereocenters. The number of allylic oxidation sites excluding steroid dienone is 1. The van der Waals surface area contributed by atoms with Crippen molar-refractivity contribution in [2.45, 2.75) is 11.8 Å². The molecule has 14 heavy (non-hydrogen) atoms. The fraction of sp³-hybridized carbons (Fsp3) is 0.0909. The lowest BCUT2D eigenvalue weighted by Crippen LogP contribution is -2.09. The number of hydrogen-bond donors (Lipinski definition) is 2. The van der Waals surface area contributed by atoms with Crippen LogP contribution in [0.3, 0.4) is 0 Å². The van der Waals surface area contributed by atoms with Crippen LogP contribution in [0.15, 0.2) is 53.8 Å². The molecule has 0 aliphatic rings. The van der Waals surface area contributed by atoms with Gasteiger partial charge in [0.15, 0.2) is 0 Å². The molecule has 74 valence electrons. The summed E-state index contributed by atoms with van der Waals surface area (Å²) in [7, 11) is 0. The van der Waals surface area contributed by atoms with E-state index in [9.17, 15) is 0 Å². The quantitative estimate of drug-likeness (QED) is 0.745. The molecule has 2 N–H and O–H groups in total. The molecule has 1 aromatic carbocycles. The summed E-state index contributed by atoms with van der Waals surface area (Å²) in [6.07, 6.45) is 3.53. The Morgan fingerprint density at radius 2 is 2.00 bits per heavy atom. The molecule has 0 aliphatic heterocycles. The molecule has 0 aromatic heterocycles. The van der Waals surface area contributed by atoms with E-state index in [4.69, 9.17) is 5.73 Å². The van der Waals surface area contributed by atoms with Gasteiger partial charge in [-0.1, -0.05) is 6.58 Å². The third-order valence-electron chi connectivity index (χ3n) is 1.69. The van der Waals surface area contributed by atoms with Crippen molar-refractivity contribution in [2.24, 2.45) is 5.73 Å². The van der Waals surface area contributed by atoms with Gasteiger partial charge in [0.05, 0.1) is 0 Å². The fourth-order valence-corrected chi connectivity index (χ4v) is 1.23. The second-order valence-electron chi connectivity index (χ2n) is 2.98. The van der Waals surface area contributed by atoms with E-state index in [0.717, 1.165) is 16.3 Å². The standard InChI is InChI=1S/C11H14N2S/c1-3-13(8-9(2)12)10-4-6-11(14)7-5-10/h3-8,14H,1,12H2,2H3/b9-8-. The van der Waals surface area contributed by atoms with Gasteiger partial charge in [-0.3, -0.25) is 0 Å². The molecule has 0 heterocycles. The second kappa shape index (κ2) is 4.77. The summed E-state index contributed by atoms with van der Waals surface area (Å²) >= 11 is 4.21. The van der Waals surface area contributed by atoms with Gasteiger partial charge in [0.25, 0.3) is 0 Å². The first-order valence-corrected chi connectivity index (χ1v) is 4.72. The molecule has 1 aromatic rings. The molecule has 3 heteroatoms. The minimum atomic E-state index is 0.736. The van der Waals surface area contributed by atoms with Crippen molar-refractivity contribution in [1.82, 2.24) is 0 Å². The molecule has 0 spiro atoms. The molecule has 0 saturated heterocycles. The number of benzene rings is 1. The number of nitrogens with zero attached hydrogens (tertiary/aromatic N) is 1. The topological polar surface area (TPSA) is 29.3 Å². The summed E-state index contributed by atoms with van der Waals surface area (Å²) in [5, 5.41) is 0. The lowest BCUT2D eigenvalue weighted by atomic mass is 10.3. The second-order valence-corrected chi connectivity index (χ2v) is 3.50. The highest BCUT2D eigenvalue weighted by Gasteiger charge is 1.98. The normalized spacial score (nSPS) is 11.1. The van der Waals surface area contributed by atoms with E-state index in [1.54, 1.807) is 6.20 Å². The highest BCUT2D eigenvalue weighted by Crippen LogP contribution is 2.17. The van der Waals surface area contributed by atoms with Crippen molar-refractivity contribution in [1.29, 1.82) is 0 Å². The minimum absolute atomic E-state index is 0.736. The molecular formula is C11H14N2S. The zero-order valence-corrected chi connectivity index (χ0v) is 9.04. The zero-order valence-electron chi connectivity index (χ0n) is 8.14. The monoisotopic (exact) mass is 206 g/mol. The van der Waals surface area contributed by atoms with Gasteiger partial charge in [0.2, 0.25) is 0 Å². The molecule has 0 fully saturated rings. The summed E-state index contributed by atoms with van der Waals surface area (Å²) in [6, 6.07) is 7.77. The van der Waals surface area contributed by atoms with E-state index >= 15 is 0 Å². The first-order chi connectivity index (χ1) is 6.63. The summed E-state index contributed by atoms with van der Waals surface area (Å²) in [5.41, 5.74) is 7.34. The van der Waals surface area contributed by atoms with Gasteiger partial charge < -0.3 is 10.6 Å². The molecule has 0 saturated carbocycles. The molecule has 0 atom stereocenters. The number of anilines is 1. The summed E-state index contributed by atoms with van der Waals surface area (Å²) in [6.45, 7) is 5.56. The van der Waals surface area contributed by atoms with E-state index in [1.807, 2.05) is 42.3 Å². The van der Waals surface area contributed by atoms with Crippen molar-refractivity contribution >= 4 is 18.3 Å². The van der Waals surface area contributed by atoms with Gasteiger partial charge >= 0.3 is 0 Å². The average molecular weight is 206 g/mol. The van der Waals surface area contributed by atoms with Crippen molar-refractivity contribution in [3.63, 3.8) is 0 Å². The Labute approximate surface area is 90.1 Å². The maximum Gasteiger partial charge on any atom is 0.0450 e. The highest BCUT2D eigenvalue weighted by molar-refractivity contribution is 7.80. The van der Waals surface area contributed by atoms with Gasteiger partial charge in [-0.05, 0) is 31.2 Å². The highest BCUT2D eigenvalue weighted by atomic mass is 32.1. The molecular weight excluding hydrogens is 192 g/mol. The summed E-state index contributed by atoms with van der Waals surface area (Å²) in [4.78, 5) is 2.80. The predicted octanol–water partition coefficient (Wildman–Crippen LogP) is 2.75. The van der Waals surface area contributed by atoms with E-state index < -0.39 is 0 Å². The van der Waals surface area contributed by atoms with Gasteiger partial charge in [0, 0.05) is 28.7 Å². The maximum absolute atomic E-state index is 5.59. The van der Waals surface area contributed by atoms with Crippen LogP contribution in [-0.4, -0.2) is 0 Å². The van der Waals surface area contributed by atoms with Crippen LogP contribution in [0.4, 0.5) is 5.69 Å². The number of hydrogen-bond acceptors (Lipinski definition) is 3. The third-order valence-corrected chi connectivity index (χ3v) is 1.99. The molecule has 0 radical (unpaired) electrons. The predicted molar refractivity (Wildman–Crippen MR) is 64.3 cm³/mol. The summed E-state index contributed by atoms with van der Waals surface area (Å²) in [5.74, 6) is 0. The van der Waals surface area contributed by atoms with Crippen molar-refractivity contribution in [3.05, 3.63) is 48.9 Å². The van der Waals surface area contributed by atoms with E-state index in [1.165, 1.54) is 0 Å². The maximum atomic E-state index is 5.59. The van der Waals surface area contributed by atoms with Crippen LogP contribution in [0.5, 0.6) is 0 Å². The van der Waals surface area contributed by atoms with E-state index in [0.29, 0.717) is 0 Å². The lowest BCUT2D eigenvalue weighted by molar-refractivity contribution is 1.19. The Morgan fingerprint density at radius 1 is 1.43 bits per heavy atom. The van der Waals surface area contributed by atoms with Gasteiger partial charge in [-0.2, -0.15) is 0 Å². The van der Waals surface area contributed by atoms with Crippen molar-refractivity contribution in [3.8, 4) is 0 Å². The van der Waals surface area contributed by atoms with Gasteiger partial charge in [0.1, 0.15) is 0 Å². The molecule has 1 rings (SSSR count). The SMILES string of the molecule is C=CN(/C=C(/C)N)c1ccc(S)cc1. The van der Waals surface area contributed by atoms with Crippen LogP contribution in [0, 0.1) is 0 Å². The lowest BCUT2D eigenvalue weighted by Gasteiger charge is -2.15. The van der Waals surface area contributed by atoms with Crippen LogP contribution in [-0.2, 0) is 0 Å². The first-order valence-electron chi connectivity index (χ1n) is 4.27. The largest absolute Gasteiger partial charge is 0.401 e. The van der Waals surface area contributed by atoms with Crippen LogP contribution in [0.2, 0.25) is 0 Å². The van der Waals surface area contributed by atoms with Crippen molar-refractivity contribution < 1.29 is 0 Å². The van der Waals surface area contributed by atoms with Crippen LogP contribution in [0.1, 0.15) is 6.92 Å². The fourth-order valence-electron chi connectivity index (χ4n) is 1.08. The Hall–Kier alpha value is -1.35. The Balaban J connectivity index is 2.95. The number of thiol groups is 1. The summed E-state index contributed by atoms with van der Waals surface area (Å²) < 4.78 is 0. The molecule has 2 nitrogen and oxygen atoms in total. The Bertz CT molecular complexity index is 337. The zero-order chi connectivity index (χ0) is 10.6. The first kappa shape index (κ1) is 10.7. The smallest absolute Gasteiger partial charge is 0.0450 e. The number of rotatable bonds is 3. The Morgan fingerprint density at radius 3 is 2.43 bits per heavy atom. The van der Waals surface area contributed by atoms with Crippen LogP contribution in [0.25, 0.3) is 0 Å². The van der Waals surface area contributed by atoms with E-state index in [2.05, 4.69) is 19.2 Å². The molecule has 0 bridgehead atoms. The van der Waals surface area contributed by atoms with Gasteiger partial charge in [-0.15, -0.1) is 12.6 Å². The molecule has 0 aliphatic carbocycles. The van der Waals surface area contributed by atoms with Crippen LogP contribution >= 0.6 is 12.6 Å². The number of nitrogens with two attached hydrogens (primary N) is 1. The molecule has 0 amide bonds. The third kappa shape index (κ3) is 2.85. The Kier molecular flexibility index (Phi) is 3.65. The van der Waals surface area contributed by atoms with Crippen LogP contribution < -0.4 is 10.6 Å². The minimum Gasteiger partial charge on any atom is -0.401 e. The average Bonchev–Trinajstić information content (AvgIpc) is 2.15.